The van der Waals surface area contributed by atoms with Crippen molar-refractivity contribution in [2.24, 2.45) is 5.92 Å². The average molecular weight is 305 g/mol. The first-order valence-electron chi connectivity index (χ1n) is 6.45. The monoisotopic (exact) mass is 305 g/mol. The van der Waals surface area contributed by atoms with Gasteiger partial charge in [0.25, 0.3) is 0 Å². The summed E-state index contributed by atoms with van der Waals surface area (Å²) in [5, 5.41) is 8.91. The maximum Gasteiger partial charge on any atom is 0.243 e. The molecule has 1 saturated carbocycles. The van der Waals surface area contributed by atoms with E-state index in [2.05, 4.69) is 4.72 Å². The van der Waals surface area contributed by atoms with Crippen LogP contribution in [0, 0.1) is 17.6 Å². The molecule has 112 valence electrons. The maximum absolute atomic E-state index is 14.0. The molecule has 1 aliphatic rings. The molecule has 0 aliphatic heterocycles. The van der Waals surface area contributed by atoms with Crippen molar-refractivity contribution in [2.75, 3.05) is 0 Å². The first kappa shape index (κ1) is 15.3. The van der Waals surface area contributed by atoms with Crippen molar-refractivity contribution < 1.29 is 22.3 Å². The highest BCUT2D eigenvalue weighted by molar-refractivity contribution is 7.89. The lowest BCUT2D eigenvalue weighted by atomic mass is 10.1. The fraction of sp³-hybridized carbons (Fsp3) is 0.538. The Labute approximate surface area is 116 Å². The van der Waals surface area contributed by atoms with E-state index in [-0.39, 0.29) is 6.04 Å². The van der Waals surface area contributed by atoms with Gasteiger partial charge in [0.2, 0.25) is 10.0 Å². The molecule has 0 spiro atoms. The Bertz CT molecular complexity index is 604. The number of aliphatic hydroxyl groups excluding tert-OH is 1. The third-order valence-electron chi connectivity index (χ3n) is 3.61. The molecular weight excluding hydrogens is 288 g/mol. The summed E-state index contributed by atoms with van der Waals surface area (Å²) in [6.45, 7) is 1.14. The van der Waals surface area contributed by atoms with Gasteiger partial charge in [-0.1, -0.05) is 6.92 Å². The highest BCUT2D eigenvalue weighted by Crippen LogP contribution is 2.27. The molecule has 0 amide bonds. The summed E-state index contributed by atoms with van der Waals surface area (Å²) in [5.41, 5.74) is -0.632. The molecule has 0 bridgehead atoms. The van der Waals surface area contributed by atoms with Crippen molar-refractivity contribution in [3.8, 4) is 0 Å². The third kappa shape index (κ3) is 2.99. The molecule has 1 aromatic carbocycles. The predicted octanol–water partition coefficient (Wildman–Crippen LogP) is 1.92. The Kier molecular flexibility index (Phi) is 4.41. The Balaban J connectivity index is 2.30. The zero-order valence-corrected chi connectivity index (χ0v) is 11.9. The van der Waals surface area contributed by atoms with E-state index in [1.54, 1.807) is 0 Å². The van der Waals surface area contributed by atoms with Gasteiger partial charge in [-0.25, -0.2) is 21.9 Å². The van der Waals surface area contributed by atoms with Gasteiger partial charge in [-0.15, -0.1) is 0 Å². The fourth-order valence-corrected chi connectivity index (χ4v) is 3.91. The van der Waals surface area contributed by atoms with Gasteiger partial charge in [-0.05, 0) is 37.3 Å². The Hall–Kier alpha value is -1.05. The zero-order chi connectivity index (χ0) is 14.9. The van der Waals surface area contributed by atoms with Crippen LogP contribution in [-0.4, -0.2) is 19.6 Å². The number of aliphatic hydroxyl groups is 1. The van der Waals surface area contributed by atoms with E-state index >= 15 is 0 Å². The zero-order valence-electron chi connectivity index (χ0n) is 11.1. The van der Waals surface area contributed by atoms with Crippen LogP contribution >= 0.6 is 0 Å². The minimum atomic E-state index is -4.05. The van der Waals surface area contributed by atoms with Crippen LogP contribution in [0.4, 0.5) is 8.78 Å². The number of hydrogen-bond donors (Lipinski definition) is 2. The molecule has 1 aliphatic carbocycles. The first-order valence-corrected chi connectivity index (χ1v) is 7.93. The van der Waals surface area contributed by atoms with Crippen LogP contribution in [-0.2, 0) is 16.6 Å². The molecule has 7 heteroatoms. The lowest BCUT2D eigenvalue weighted by Crippen LogP contribution is -2.33. The molecule has 2 rings (SSSR count). The number of nitrogens with one attached hydrogen (secondary N) is 1. The number of benzene rings is 1. The van der Waals surface area contributed by atoms with Crippen molar-refractivity contribution in [2.45, 2.75) is 43.7 Å². The quantitative estimate of drug-likeness (QED) is 0.893. The number of sulfonamides is 1. The van der Waals surface area contributed by atoms with Gasteiger partial charge in [-0.2, -0.15) is 0 Å². The molecule has 0 aromatic heterocycles. The molecule has 0 heterocycles. The van der Waals surface area contributed by atoms with Crippen molar-refractivity contribution in [3.05, 3.63) is 29.3 Å². The Morgan fingerprint density at radius 2 is 2.05 bits per heavy atom. The molecule has 2 atom stereocenters. The van der Waals surface area contributed by atoms with E-state index in [0.717, 1.165) is 18.6 Å². The van der Waals surface area contributed by atoms with Crippen molar-refractivity contribution in [1.82, 2.24) is 4.72 Å². The van der Waals surface area contributed by atoms with Gasteiger partial charge in [0.15, 0.2) is 5.82 Å². The number of rotatable bonds is 4. The summed E-state index contributed by atoms with van der Waals surface area (Å²) in [6.07, 6.45) is 2.33. The van der Waals surface area contributed by atoms with Crippen molar-refractivity contribution in [3.63, 3.8) is 0 Å². The van der Waals surface area contributed by atoms with Crippen LogP contribution in [0.25, 0.3) is 0 Å². The summed E-state index contributed by atoms with van der Waals surface area (Å²) in [4.78, 5) is -0.623. The molecule has 20 heavy (non-hydrogen) atoms. The van der Waals surface area contributed by atoms with Gasteiger partial charge >= 0.3 is 0 Å². The largest absolute Gasteiger partial charge is 0.391 e. The molecule has 2 unspecified atom stereocenters. The van der Waals surface area contributed by atoms with Gasteiger partial charge in [0.05, 0.1) is 12.2 Å². The van der Waals surface area contributed by atoms with E-state index in [1.165, 1.54) is 0 Å². The van der Waals surface area contributed by atoms with Crippen molar-refractivity contribution in [1.29, 1.82) is 0 Å². The van der Waals surface area contributed by atoms with Gasteiger partial charge in [0.1, 0.15) is 10.7 Å². The molecular formula is C13H17F2NO3S. The van der Waals surface area contributed by atoms with Crippen LogP contribution in [0.5, 0.6) is 0 Å². The molecule has 1 aromatic rings. The van der Waals surface area contributed by atoms with E-state index in [1.807, 2.05) is 6.92 Å². The summed E-state index contributed by atoms with van der Waals surface area (Å²) in [6, 6.07) is 1.50. The van der Waals surface area contributed by atoms with Gasteiger partial charge < -0.3 is 5.11 Å². The number of hydrogen-bond acceptors (Lipinski definition) is 3. The maximum atomic E-state index is 14.0. The lowest BCUT2D eigenvalue weighted by molar-refractivity contribution is 0.267. The molecule has 0 radical (unpaired) electrons. The highest BCUT2D eigenvalue weighted by Gasteiger charge is 2.29. The summed E-state index contributed by atoms with van der Waals surface area (Å²) >= 11 is 0. The highest BCUT2D eigenvalue weighted by atomic mass is 32.2. The summed E-state index contributed by atoms with van der Waals surface area (Å²) in [5.74, 6) is -1.77. The topological polar surface area (TPSA) is 66.4 Å². The van der Waals surface area contributed by atoms with Crippen LogP contribution in [0.1, 0.15) is 31.7 Å². The molecule has 0 saturated heterocycles. The standard InChI is InChI=1S/C13H17F2NO3S/c1-8-2-3-9(6-8)16-20(18,19)12-5-4-11(14)10(7-17)13(12)15/h4-5,8-9,16-17H,2-3,6-7H2,1H3. The van der Waals surface area contributed by atoms with Crippen molar-refractivity contribution >= 4 is 10.0 Å². The minimum absolute atomic E-state index is 0.225. The van der Waals surface area contributed by atoms with Crippen LogP contribution in [0.2, 0.25) is 0 Å². The second-order valence-electron chi connectivity index (χ2n) is 5.23. The average Bonchev–Trinajstić information content (AvgIpc) is 2.74. The fourth-order valence-electron chi connectivity index (χ4n) is 2.53. The predicted molar refractivity (Wildman–Crippen MR) is 69.4 cm³/mol. The Morgan fingerprint density at radius 1 is 1.35 bits per heavy atom. The Morgan fingerprint density at radius 3 is 2.60 bits per heavy atom. The lowest BCUT2D eigenvalue weighted by Gasteiger charge is -2.14. The second-order valence-corrected chi connectivity index (χ2v) is 6.92. The normalized spacial score (nSPS) is 23.2. The van der Waals surface area contributed by atoms with E-state index in [9.17, 15) is 17.2 Å². The summed E-state index contributed by atoms with van der Waals surface area (Å²) < 4.78 is 53.9. The first-order chi connectivity index (χ1) is 9.35. The van der Waals surface area contributed by atoms with Gasteiger partial charge in [0, 0.05) is 6.04 Å². The van der Waals surface area contributed by atoms with Crippen LogP contribution in [0.15, 0.2) is 17.0 Å². The number of halogens is 2. The van der Waals surface area contributed by atoms with Gasteiger partial charge in [-0.3, -0.25) is 0 Å². The van der Waals surface area contributed by atoms with E-state index < -0.39 is 38.7 Å². The smallest absolute Gasteiger partial charge is 0.243 e. The SMILES string of the molecule is CC1CCC(NS(=O)(=O)c2ccc(F)c(CO)c2F)C1. The molecule has 1 fully saturated rings. The van der Waals surface area contributed by atoms with E-state index in [4.69, 9.17) is 5.11 Å². The molecule has 2 N–H and O–H groups in total. The van der Waals surface area contributed by atoms with Crippen LogP contribution < -0.4 is 4.72 Å². The molecule has 4 nitrogen and oxygen atoms in total. The van der Waals surface area contributed by atoms with E-state index in [0.29, 0.717) is 18.8 Å². The third-order valence-corrected chi connectivity index (χ3v) is 5.15. The second kappa shape index (κ2) is 5.75. The van der Waals surface area contributed by atoms with Crippen LogP contribution in [0.3, 0.4) is 0 Å². The minimum Gasteiger partial charge on any atom is -0.391 e. The summed E-state index contributed by atoms with van der Waals surface area (Å²) in [7, 11) is -4.05.